The van der Waals surface area contributed by atoms with Crippen LogP contribution in [0, 0.1) is 0 Å². The molecule has 6 nitrogen and oxygen atoms in total. The van der Waals surface area contributed by atoms with E-state index in [4.69, 9.17) is 39.7 Å². The first-order valence-electron chi connectivity index (χ1n) is 8.04. The number of fused-ring (bicyclic) bond motifs is 1. The third kappa shape index (κ3) is 2.91. The lowest BCUT2D eigenvalue weighted by atomic mass is 10.1. The summed E-state index contributed by atoms with van der Waals surface area (Å²) in [5.41, 5.74) is 13.3. The van der Waals surface area contributed by atoms with E-state index in [2.05, 4.69) is 10.3 Å². The molecule has 9 heteroatoms. The summed E-state index contributed by atoms with van der Waals surface area (Å²) in [5.74, 6) is 0.0967. The van der Waals surface area contributed by atoms with Crippen LogP contribution in [0.15, 0.2) is 18.2 Å². The van der Waals surface area contributed by atoms with Crippen LogP contribution in [0.25, 0.3) is 21.5 Å². The van der Waals surface area contributed by atoms with Crippen molar-refractivity contribution in [2.75, 3.05) is 12.3 Å². The number of hydrogen-bond acceptors (Lipinski definition) is 6. The molecule has 1 amide bonds. The van der Waals surface area contributed by atoms with E-state index in [1.54, 1.807) is 12.1 Å². The fraction of sp³-hybridized carbons (Fsp3) is 0.235. The highest BCUT2D eigenvalue weighted by Gasteiger charge is 2.25. The smallest absolute Gasteiger partial charge is 0.260 e. The van der Waals surface area contributed by atoms with Crippen LogP contribution in [0.4, 0.5) is 5.69 Å². The number of nitrogens with zero attached hydrogens (tertiary/aromatic N) is 2. The maximum Gasteiger partial charge on any atom is 0.260 e. The zero-order valence-electron chi connectivity index (χ0n) is 13.6. The predicted molar refractivity (Wildman–Crippen MR) is 106 cm³/mol. The second-order valence-corrected chi connectivity index (χ2v) is 7.91. The lowest BCUT2D eigenvalue weighted by Gasteiger charge is -2.12. The highest BCUT2D eigenvalue weighted by atomic mass is 35.5. The van der Waals surface area contributed by atoms with Gasteiger partial charge in [0.15, 0.2) is 0 Å². The minimum absolute atomic E-state index is 0.0706. The molecule has 4 rings (SSSR count). The van der Waals surface area contributed by atoms with Crippen molar-refractivity contribution < 1.29 is 4.79 Å². The van der Waals surface area contributed by atoms with E-state index in [-0.39, 0.29) is 10.9 Å². The number of primary amides is 1. The van der Waals surface area contributed by atoms with Crippen LogP contribution in [0.3, 0.4) is 0 Å². The molecule has 1 aliphatic rings. The van der Waals surface area contributed by atoms with Gasteiger partial charge in [0.05, 0.1) is 32.9 Å². The molecule has 1 unspecified atom stereocenters. The van der Waals surface area contributed by atoms with Crippen molar-refractivity contribution in [3.63, 3.8) is 0 Å². The van der Waals surface area contributed by atoms with Gasteiger partial charge in [0.1, 0.15) is 15.5 Å². The second kappa shape index (κ2) is 6.66. The van der Waals surface area contributed by atoms with Crippen LogP contribution in [-0.4, -0.2) is 22.4 Å². The topological polar surface area (TPSA) is 107 Å². The van der Waals surface area contributed by atoms with Gasteiger partial charge >= 0.3 is 0 Å². The number of carbonyl (C=O) groups is 1. The number of benzene rings is 1. The van der Waals surface area contributed by atoms with E-state index in [1.165, 1.54) is 11.3 Å². The molecule has 0 bridgehead atoms. The van der Waals surface area contributed by atoms with E-state index in [0.29, 0.717) is 37.5 Å². The minimum Gasteiger partial charge on any atom is -0.397 e. The van der Waals surface area contributed by atoms with Gasteiger partial charge in [0.25, 0.3) is 5.91 Å². The standard InChI is InChI=1S/C17H15Cl2N5OS/c18-8-4-3-7(6-9(8)19)13-11-12(20)14(15(21)25)26-17(11)24-16(23-13)10-2-1-5-22-10/h3-4,6,10,22H,1-2,5,20H2,(H2,21,25). The summed E-state index contributed by atoms with van der Waals surface area (Å²) in [6.07, 6.45) is 2.02. The molecule has 0 saturated carbocycles. The molecular weight excluding hydrogens is 393 g/mol. The number of anilines is 1. The Morgan fingerprint density at radius 3 is 2.73 bits per heavy atom. The predicted octanol–water partition coefficient (Wildman–Crippen LogP) is 3.77. The average Bonchev–Trinajstić information content (AvgIpc) is 3.25. The zero-order chi connectivity index (χ0) is 18.4. The fourth-order valence-electron chi connectivity index (χ4n) is 3.13. The van der Waals surface area contributed by atoms with Gasteiger partial charge in [-0.3, -0.25) is 4.79 Å². The molecule has 134 valence electrons. The molecule has 1 aliphatic heterocycles. The zero-order valence-corrected chi connectivity index (χ0v) is 15.9. The van der Waals surface area contributed by atoms with Gasteiger partial charge in [0, 0.05) is 5.56 Å². The first kappa shape index (κ1) is 17.5. The second-order valence-electron chi connectivity index (χ2n) is 6.10. The third-order valence-electron chi connectivity index (χ3n) is 4.39. The Morgan fingerprint density at radius 2 is 2.08 bits per heavy atom. The van der Waals surface area contributed by atoms with E-state index in [0.717, 1.165) is 24.9 Å². The van der Waals surface area contributed by atoms with E-state index in [9.17, 15) is 4.79 Å². The van der Waals surface area contributed by atoms with Crippen molar-refractivity contribution in [2.24, 2.45) is 5.73 Å². The molecule has 26 heavy (non-hydrogen) atoms. The number of hydrogen-bond donors (Lipinski definition) is 3. The molecule has 1 saturated heterocycles. The van der Waals surface area contributed by atoms with E-state index >= 15 is 0 Å². The van der Waals surface area contributed by atoms with Crippen LogP contribution in [-0.2, 0) is 0 Å². The number of amides is 1. The van der Waals surface area contributed by atoms with Crippen molar-refractivity contribution in [3.05, 3.63) is 38.9 Å². The van der Waals surface area contributed by atoms with Crippen LogP contribution in [0.1, 0.15) is 34.4 Å². The molecule has 1 fully saturated rings. The highest BCUT2D eigenvalue weighted by molar-refractivity contribution is 7.21. The first-order valence-corrected chi connectivity index (χ1v) is 9.61. The molecule has 0 spiro atoms. The lowest BCUT2D eigenvalue weighted by Crippen LogP contribution is -2.16. The van der Waals surface area contributed by atoms with E-state index < -0.39 is 5.91 Å². The molecule has 3 heterocycles. The number of rotatable bonds is 3. The maximum absolute atomic E-state index is 11.7. The summed E-state index contributed by atoms with van der Waals surface area (Å²) in [6.45, 7) is 0.924. The largest absolute Gasteiger partial charge is 0.397 e. The summed E-state index contributed by atoms with van der Waals surface area (Å²) in [6, 6.07) is 5.33. The number of nitrogens with two attached hydrogens (primary N) is 2. The number of halogens is 2. The van der Waals surface area contributed by atoms with Crippen molar-refractivity contribution in [1.29, 1.82) is 0 Å². The van der Waals surface area contributed by atoms with Gasteiger partial charge in [0.2, 0.25) is 0 Å². The number of aromatic nitrogens is 2. The summed E-state index contributed by atoms with van der Waals surface area (Å²) >= 11 is 13.4. The van der Waals surface area contributed by atoms with Gasteiger partial charge in [-0.15, -0.1) is 11.3 Å². The van der Waals surface area contributed by atoms with Crippen LogP contribution in [0.5, 0.6) is 0 Å². The fourth-order valence-corrected chi connectivity index (χ4v) is 4.39. The molecule has 1 atom stereocenters. The lowest BCUT2D eigenvalue weighted by molar-refractivity contribution is 0.100. The summed E-state index contributed by atoms with van der Waals surface area (Å²) in [7, 11) is 0. The average molecular weight is 408 g/mol. The van der Waals surface area contributed by atoms with Crippen molar-refractivity contribution >= 4 is 56.3 Å². The maximum atomic E-state index is 11.7. The highest BCUT2D eigenvalue weighted by Crippen LogP contribution is 2.40. The normalized spacial score (nSPS) is 17.1. The molecule has 0 radical (unpaired) electrons. The SMILES string of the molecule is NC(=O)c1sc2nc(C3CCCN3)nc(-c3ccc(Cl)c(Cl)c3)c2c1N. The van der Waals surface area contributed by atoms with Gasteiger partial charge < -0.3 is 16.8 Å². The molecular formula is C17H15Cl2N5OS. The molecule has 2 aromatic heterocycles. The van der Waals surface area contributed by atoms with Crippen LogP contribution >= 0.6 is 34.5 Å². The van der Waals surface area contributed by atoms with Gasteiger partial charge in [-0.2, -0.15) is 0 Å². The van der Waals surface area contributed by atoms with Gasteiger partial charge in [-0.05, 0) is 31.5 Å². The number of carbonyl (C=O) groups excluding carboxylic acids is 1. The monoisotopic (exact) mass is 407 g/mol. The number of thiophene rings is 1. The number of nitrogen functional groups attached to an aromatic ring is 1. The van der Waals surface area contributed by atoms with Crippen LogP contribution < -0.4 is 16.8 Å². The summed E-state index contributed by atoms with van der Waals surface area (Å²) in [4.78, 5) is 22.1. The van der Waals surface area contributed by atoms with Crippen molar-refractivity contribution in [1.82, 2.24) is 15.3 Å². The Morgan fingerprint density at radius 1 is 1.27 bits per heavy atom. The van der Waals surface area contributed by atoms with Gasteiger partial charge in [-0.25, -0.2) is 9.97 Å². The molecule has 0 aliphatic carbocycles. The Hall–Kier alpha value is -1.93. The molecule has 3 aromatic rings. The Labute approximate surface area is 163 Å². The van der Waals surface area contributed by atoms with Crippen LogP contribution in [0.2, 0.25) is 10.0 Å². The first-order chi connectivity index (χ1) is 12.5. The van der Waals surface area contributed by atoms with Crippen molar-refractivity contribution in [2.45, 2.75) is 18.9 Å². The summed E-state index contributed by atoms with van der Waals surface area (Å²) < 4.78 is 0. The van der Waals surface area contributed by atoms with Crippen molar-refractivity contribution in [3.8, 4) is 11.3 Å². The summed E-state index contributed by atoms with van der Waals surface area (Å²) in [5, 5.41) is 4.88. The van der Waals surface area contributed by atoms with Gasteiger partial charge in [-0.1, -0.05) is 29.3 Å². The number of nitrogens with one attached hydrogen (secondary N) is 1. The molecule has 1 aromatic carbocycles. The third-order valence-corrected chi connectivity index (χ3v) is 6.25. The van der Waals surface area contributed by atoms with E-state index in [1.807, 2.05) is 6.07 Å². The Balaban J connectivity index is 2.00. The minimum atomic E-state index is -0.578. The Kier molecular flexibility index (Phi) is 4.48. The Bertz CT molecular complexity index is 1030. The quantitative estimate of drug-likeness (QED) is 0.612. The molecule has 5 N–H and O–H groups in total.